The third kappa shape index (κ3) is 1.70. The van der Waals surface area contributed by atoms with Crippen LogP contribution in [0.25, 0.3) is 10.1 Å². The van der Waals surface area contributed by atoms with Gasteiger partial charge in [-0.05, 0) is 53.1 Å². The second kappa shape index (κ2) is 4.19. The number of benzene rings is 1. The molecule has 0 saturated heterocycles. The van der Waals surface area contributed by atoms with Crippen LogP contribution in [0.2, 0.25) is 0 Å². The zero-order valence-electron chi connectivity index (χ0n) is 8.43. The van der Waals surface area contributed by atoms with Gasteiger partial charge in [-0.1, -0.05) is 19.9 Å². The Kier molecular flexibility index (Phi) is 3.12. The lowest BCUT2D eigenvalue weighted by atomic mass is 10.1. The van der Waals surface area contributed by atoms with E-state index < -0.39 is 0 Å². The number of hydrogen-bond acceptors (Lipinski definition) is 1. The molecule has 0 aliphatic rings. The largest absolute Gasteiger partial charge is 0.140 e. The van der Waals surface area contributed by atoms with Gasteiger partial charge in [0, 0.05) is 18.5 Å². The van der Waals surface area contributed by atoms with Crippen molar-refractivity contribution in [2.24, 2.45) is 0 Å². The maximum absolute atomic E-state index is 2.48. The summed E-state index contributed by atoms with van der Waals surface area (Å²) >= 11 is 4.40. The van der Waals surface area contributed by atoms with Gasteiger partial charge in [0.2, 0.25) is 0 Å². The molecule has 0 nitrogen and oxygen atoms in total. The molecular weight excluding hydrogens is 303 g/mol. The summed E-state index contributed by atoms with van der Waals surface area (Å²) in [5, 5.41) is 1.45. The second-order valence-electron chi connectivity index (χ2n) is 3.37. The van der Waals surface area contributed by atoms with Crippen molar-refractivity contribution in [3.05, 3.63) is 32.2 Å². The third-order valence-electron chi connectivity index (χ3n) is 2.50. The summed E-state index contributed by atoms with van der Waals surface area (Å²) in [6.07, 6.45) is 2.28. The minimum atomic E-state index is 1.13. The van der Waals surface area contributed by atoms with Gasteiger partial charge >= 0.3 is 0 Å². The molecule has 14 heavy (non-hydrogen) atoms. The molecule has 74 valence electrons. The molecule has 0 aliphatic heterocycles. The zero-order valence-corrected chi connectivity index (χ0v) is 11.4. The Morgan fingerprint density at radius 1 is 1.21 bits per heavy atom. The Hall–Kier alpha value is -0.0900. The highest BCUT2D eigenvalue weighted by Gasteiger charge is 2.06. The van der Waals surface area contributed by atoms with E-state index in [2.05, 4.69) is 54.6 Å². The predicted molar refractivity (Wildman–Crippen MR) is 73.3 cm³/mol. The molecule has 0 radical (unpaired) electrons. The van der Waals surface area contributed by atoms with Crippen molar-refractivity contribution in [2.45, 2.75) is 26.7 Å². The van der Waals surface area contributed by atoms with Gasteiger partial charge in [-0.3, -0.25) is 0 Å². The van der Waals surface area contributed by atoms with E-state index in [0.29, 0.717) is 0 Å². The molecule has 0 amide bonds. The number of halogens is 1. The molecule has 0 unspecified atom stereocenters. The van der Waals surface area contributed by atoms with Crippen LogP contribution in [-0.2, 0) is 12.8 Å². The van der Waals surface area contributed by atoms with Crippen LogP contribution >= 0.6 is 33.9 Å². The van der Waals surface area contributed by atoms with Crippen LogP contribution in [0.3, 0.4) is 0 Å². The smallest absolute Gasteiger partial charge is 0.0356 e. The third-order valence-corrected chi connectivity index (χ3v) is 5.01. The van der Waals surface area contributed by atoms with Crippen molar-refractivity contribution < 1.29 is 0 Å². The Labute approximate surface area is 102 Å². The van der Waals surface area contributed by atoms with Gasteiger partial charge in [0.15, 0.2) is 0 Å². The summed E-state index contributed by atoms with van der Waals surface area (Å²) in [6.45, 7) is 4.44. The molecule has 0 bridgehead atoms. The van der Waals surface area contributed by atoms with Gasteiger partial charge in [-0.15, -0.1) is 11.3 Å². The number of thiophene rings is 1. The molecule has 2 heteroatoms. The number of rotatable bonds is 2. The van der Waals surface area contributed by atoms with E-state index in [0.717, 1.165) is 12.8 Å². The molecule has 1 aromatic heterocycles. The maximum Gasteiger partial charge on any atom is 0.0356 e. The van der Waals surface area contributed by atoms with Crippen molar-refractivity contribution in [1.82, 2.24) is 0 Å². The second-order valence-corrected chi connectivity index (χ2v) is 5.62. The topological polar surface area (TPSA) is 0 Å². The predicted octanol–water partition coefficient (Wildman–Crippen LogP) is 4.63. The van der Waals surface area contributed by atoms with Crippen LogP contribution in [0.15, 0.2) is 18.2 Å². The number of hydrogen-bond donors (Lipinski definition) is 0. The summed E-state index contributed by atoms with van der Waals surface area (Å²) < 4.78 is 2.88. The lowest BCUT2D eigenvalue weighted by molar-refractivity contribution is 1.13. The van der Waals surface area contributed by atoms with E-state index in [-0.39, 0.29) is 0 Å². The number of fused-ring (bicyclic) bond motifs is 1. The molecule has 2 rings (SSSR count). The van der Waals surface area contributed by atoms with E-state index in [4.69, 9.17) is 0 Å². The van der Waals surface area contributed by atoms with Gasteiger partial charge in [-0.2, -0.15) is 0 Å². The Bertz CT molecular complexity index is 457. The molecule has 1 heterocycles. The van der Waals surface area contributed by atoms with Crippen molar-refractivity contribution in [3.63, 3.8) is 0 Å². The Balaban J connectivity index is 2.68. The monoisotopic (exact) mass is 316 g/mol. The van der Waals surface area contributed by atoms with Crippen molar-refractivity contribution in [3.8, 4) is 0 Å². The summed E-state index contributed by atoms with van der Waals surface area (Å²) in [4.78, 5) is 1.49. The van der Waals surface area contributed by atoms with Gasteiger partial charge in [0.1, 0.15) is 0 Å². The van der Waals surface area contributed by atoms with Gasteiger partial charge < -0.3 is 0 Å². The van der Waals surface area contributed by atoms with Crippen molar-refractivity contribution in [2.75, 3.05) is 0 Å². The lowest BCUT2D eigenvalue weighted by Crippen LogP contribution is -1.84. The first-order chi connectivity index (χ1) is 6.76. The molecule has 0 aliphatic carbocycles. The first-order valence-electron chi connectivity index (χ1n) is 4.96. The van der Waals surface area contributed by atoms with Gasteiger partial charge in [0.25, 0.3) is 0 Å². The Morgan fingerprint density at radius 3 is 2.64 bits per heavy atom. The minimum Gasteiger partial charge on any atom is -0.140 e. The van der Waals surface area contributed by atoms with Gasteiger partial charge in [0.05, 0.1) is 0 Å². The van der Waals surface area contributed by atoms with Gasteiger partial charge in [-0.25, -0.2) is 0 Å². The van der Waals surface area contributed by atoms with Crippen LogP contribution in [-0.4, -0.2) is 0 Å². The summed E-state index contributed by atoms with van der Waals surface area (Å²) in [7, 11) is 0. The standard InChI is InChI=1S/C12H13IS/c1-3-8-5-6-11-10(12(8)13)7-9(4-2)14-11/h5-7H,3-4H2,1-2H3. The molecular formula is C12H13IS. The molecule has 0 N–H and O–H groups in total. The minimum absolute atomic E-state index is 1.13. The summed E-state index contributed by atoms with van der Waals surface area (Å²) in [5.41, 5.74) is 1.47. The maximum atomic E-state index is 2.48. The van der Waals surface area contributed by atoms with Crippen molar-refractivity contribution >= 4 is 44.0 Å². The molecule has 0 fully saturated rings. The average Bonchev–Trinajstić information content (AvgIpc) is 2.62. The van der Waals surface area contributed by atoms with Crippen LogP contribution in [0, 0.1) is 3.57 Å². The normalized spacial score (nSPS) is 11.1. The van der Waals surface area contributed by atoms with E-state index in [1.54, 1.807) is 0 Å². The average molecular weight is 316 g/mol. The number of aryl methyl sites for hydroxylation is 2. The molecule has 1 aromatic carbocycles. The van der Waals surface area contributed by atoms with E-state index in [1.165, 1.54) is 24.1 Å². The summed E-state index contributed by atoms with van der Waals surface area (Å²) in [6, 6.07) is 6.88. The SMILES string of the molecule is CCc1cc2c(I)c(CC)ccc2s1. The van der Waals surface area contributed by atoms with E-state index in [1.807, 2.05) is 11.3 Å². The highest BCUT2D eigenvalue weighted by atomic mass is 127. The molecule has 0 saturated carbocycles. The molecule has 0 spiro atoms. The highest BCUT2D eigenvalue weighted by Crippen LogP contribution is 2.31. The fourth-order valence-corrected chi connectivity index (χ4v) is 3.82. The lowest BCUT2D eigenvalue weighted by Gasteiger charge is -2.01. The zero-order chi connectivity index (χ0) is 10.1. The first-order valence-corrected chi connectivity index (χ1v) is 6.85. The first kappa shape index (κ1) is 10.4. The van der Waals surface area contributed by atoms with E-state index >= 15 is 0 Å². The van der Waals surface area contributed by atoms with Crippen LogP contribution < -0.4 is 0 Å². The van der Waals surface area contributed by atoms with Crippen LogP contribution in [0.4, 0.5) is 0 Å². The quantitative estimate of drug-likeness (QED) is 0.709. The van der Waals surface area contributed by atoms with Crippen molar-refractivity contribution in [1.29, 1.82) is 0 Å². The fraction of sp³-hybridized carbons (Fsp3) is 0.333. The van der Waals surface area contributed by atoms with Crippen LogP contribution in [0.1, 0.15) is 24.3 Å². The Morgan fingerprint density at radius 2 is 2.00 bits per heavy atom. The fourth-order valence-electron chi connectivity index (χ4n) is 1.62. The highest BCUT2D eigenvalue weighted by molar-refractivity contribution is 14.1. The molecule has 0 atom stereocenters. The van der Waals surface area contributed by atoms with Crippen LogP contribution in [0.5, 0.6) is 0 Å². The summed E-state index contributed by atoms with van der Waals surface area (Å²) in [5.74, 6) is 0. The molecule has 2 aromatic rings. The van der Waals surface area contributed by atoms with E-state index in [9.17, 15) is 0 Å².